The highest BCUT2D eigenvalue weighted by molar-refractivity contribution is 5.56. The van der Waals surface area contributed by atoms with Crippen LogP contribution in [0.3, 0.4) is 0 Å². The number of hydrogen-bond donors (Lipinski definition) is 1. The van der Waals surface area contributed by atoms with Gasteiger partial charge in [0.2, 0.25) is 5.88 Å². The van der Waals surface area contributed by atoms with Gasteiger partial charge in [0.05, 0.1) is 31.0 Å². The molecule has 12 heavy (non-hydrogen) atoms. The average Bonchev–Trinajstić information content (AvgIpc) is 2.71. The number of nitrogens with zero attached hydrogens (tertiary/aromatic N) is 2. The van der Waals surface area contributed by atoms with Gasteiger partial charge in [0.25, 0.3) is 0 Å². The van der Waals surface area contributed by atoms with E-state index in [1.165, 1.54) is 0 Å². The van der Waals surface area contributed by atoms with Crippen LogP contribution in [0.5, 0.6) is 0 Å². The topological polar surface area (TPSA) is 43.0 Å². The summed E-state index contributed by atoms with van der Waals surface area (Å²) in [6, 6.07) is 1.92. The number of hydrogen-bond acceptors (Lipinski definition) is 3. The third-order valence-electron chi connectivity index (χ3n) is 2.05. The maximum absolute atomic E-state index is 5.22. The lowest BCUT2D eigenvalue weighted by Crippen LogP contribution is -2.11. The van der Waals surface area contributed by atoms with Gasteiger partial charge in [0.15, 0.2) is 0 Å². The van der Waals surface area contributed by atoms with Gasteiger partial charge in [0.1, 0.15) is 5.69 Å². The van der Waals surface area contributed by atoms with Crippen LogP contribution in [0.15, 0.2) is 29.3 Å². The molecule has 4 heteroatoms. The van der Waals surface area contributed by atoms with Crippen molar-refractivity contribution in [3.8, 4) is 5.69 Å². The number of furan rings is 1. The first kappa shape index (κ1) is 5.88. The van der Waals surface area contributed by atoms with Crippen LogP contribution in [0, 0.1) is 0 Å². The van der Waals surface area contributed by atoms with Gasteiger partial charge < -0.3 is 9.73 Å². The average molecular weight is 161 g/mol. The summed E-state index contributed by atoms with van der Waals surface area (Å²) in [5.74, 6) is 0.820. The first-order chi connectivity index (χ1) is 5.95. The van der Waals surface area contributed by atoms with Crippen LogP contribution in [-0.2, 0) is 6.54 Å². The number of imidazole rings is 1. The Morgan fingerprint density at radius 2 is 2.58 bits per heavy atom. The van der Waals surface area contributed by atoms with Crippen LogP contribution < -0.4 is 5.32 Å². The molecule has 4 nitrogen and oxygen atoms in total. The predicted molar refractivity (Wildman–Crippen MR) is 43.2 cm³/mol. The normalized spacial score (nSPS) is 13.3. The van der Waals surface area contributed by atoms with E-state index in [4.69, 9.17) is 4.42 Å². The predicted octanol–water partition coefficient (Wildman–Crippen LogP) is 1.39. The molecule has 0 aromatic carbocycles. The highest BCUT2D eigenvalue weighted by Gasteiger charge is 2.16. The molecule has 2 aromatic heterocycles. The van der Waals surface area contributed by atoms with Crippen molar-refractivity contribution in [3.05, 3.63) is 30.5 Å². The van der Waals surface area contributed by atoms with Gasteiger partial charge in [-0.1, -0.05) is 0 Å². The third-order valence-corrected chi connectivity index (χ3v) is 2.05. The Bertz CT molecular complexity index is 375. The fourth-order valence-electron chi connectivity index (χ4n) is 1.47. The molecule has 0 amide bonds. The first-order valence-electron chi connectivity index (χ1n) is 3.78. The summed E-state index contributed by atoms with van der Waals surface area (Å²) in [4.78, 5) is 4.06. The molecule has 0 saturated heterocycles. The summed E-state index contributed by atoms with van der Waals surface area (Å²) >= 11 is 0. The van der Waals surface area contributed by atoms with Crippen molar-refractivity contribution in [1.82, 2.24) is 9.55 Å². The van der Waals surface area contributed by atoms with E-state index < -0.39 is 0 Å². The minimum absolute atomic E-state index is 0.778. The van der Waals surface area contributed by atoms with Gasteiger partial charge in [-0.05, 0) is 0 Å². The number of rotatable bonds is 0. The number of anilines is 1. The molecule has 0 atom stereocenters. The molecule has 60 valence electrons. The molecule has 3 heterocycles. The fourth-order valence-corrected chi connectivity index (χ4v) is 1.47. The Morgan fingerprint density at radius 3 is 3.58 bits per heavy atom. The number of fused-ring (bicyclic) bond motifs is 3. The first-order valence-corrected chi connectivity index (χ1v) is 3.78. The third kappa shape index (κ3) is 0.592. The van der Waals surface area contributed by atoms with E-state index in [-0.39, 0.29) is 0 Å². The minimum atomic E-state index is 0.778. The second-order valence-electron chi connectivity index (χ2n) is 2.74. The number of aromatic nitrogens is 2. The monoisotopic (exact) mass is 161 g/mol. The van der Waals surface area contributed by atoms with Crippen LogP contribution in [0.1, 0.15) is 5.69 Å². The van der Waals surface area contributed by atoms with Crippen molar-refractivity contribution in [2.24, 2.45) is 0 Å². The van der Waals surface area contributed by atoms with Gasteiger partial charge >= 0.3 is 0 Å². The zero-order valence-electron chi connectivity index (χ0n) is 6.32. The zero-order valence-corrected chi connectivity index (χ0v) is 6.32. The molecule has 0 aliphatic carbocycles. The molecule has 1 aliphatic heterocycles. The SMILES string of the molecule is c1cc2c(o1)NCc1cncn1-2. The Kier molecular flexibility index (Phi) is 0.935. The summed E-state index contributed by atoms with van der Waals surface area (Å²) in [6.45, 7) is 0.778. The van der Waals surface area contributed by atoms with Gasteiger partial charge in [-0.2, -0.15) is 0 Å². The van der Waals surface area contributed by atoms with Crippen LogP contribution in [0.2, 0.25) is 0 Å². The van der Waals surface area contributed by atoms with E-state index in [9.17, 15) is 0 Å². The van der Waals surface area contributed by atoms with Crippen molar-refractivity contribution < 1.29 is 4.42 Å². The maximum atomic E-state index is 5.22. The summed E-state index contributed by atoms with van der Waals surface area (Å²) in [5.41, 5.74) is 2.19. The maximum Gasteiger partial charge on any atom is 0.217 e. The molecule has 1 aliphatic rings. The fraction of sp³-hybridized carbons (Fsp3) is 0.125. The highest BCUT2D eigenvalue weighted by Crippen LogP contribution is 2.27. The molecule has 0 radical (unpaired) electrons. The van der Waals surface area contributed by atoms with Gasteiger partial charge in [-0.25, -0.2) is 4.98 Å². The lowest BCUT2D eigenvalue weighted by molar-refractivity contribution is 0.572. The summed E-state index contributed by atoms with van der Waals surface area (Å²) in [6.07, 6.45) is 5.32. The minimum Gasteiger partial charge on any atom is -0.447 e. The molecule has 0 bridgehead atoms. The Balaban J connectivity index is 2.32. The van der Waals surface area contributed by atoms with Gasteiger partial charge in [0, 0.05) is 6.07 Å². The van der Waals surface area contributed by atoms with E-state index in [1.54, 1.807) is 12.6 Å². The highest BCUT2D eigenvalue weighted by atomic mass is 16.3. The smallest absolute Gasteiger partial charge is 0.217 e. The van der Waals surface area contributed by atoms with Crippen LogP contribution in [0.25, 0.3) is 5.69 Å². The zero-order chi connectivity index (χ0) is 7.97. The molecule has 2 aromatic rings. The molecular weight excluding hydrogens is 154 g/mol. The number of nitrogens with one attached hydrogen (secondary N) is 1. The molecular formula is C8H7N3O. The van der Waals surface area contributed by atoms with E-state index in [0.29, 0.717) is 0 Å². The quantitative estimate of drug-likeness (QED) is 0.634. The van der Waals surface area contributed by atoms with Crippen molar-refractivity contribution in [1.29, 1.82) is 0 Å². The van der Waals surface area contributed by atoms with E-state index in [0.717, 1.165) is 23.8 Å². The van der Waals surface area contributed by atoms with E-state index >= 15 is 0 Å². The van der Waals surface area contributed by atoms with Crippen LogP contribution in [-0.4, -0.2) is 9.55 Å². The summed E-state index contributed by atoms with van der Waals surface area (Å²) in [5, 5.41) is 3.16. The van der Waals surface area contributed by atoms with Crippen LogP contribution >= 0.6 is 0 Å². The molecule has 0 fully saturated rings. The second-order valence-corrected chi connectivity index (χ2v) is 2.74. The molecule has 0 spiro atoms. The molecule has 0 unspecified atom stereocenters. The standard InChI is InChI=1S/C8H7N3O/c1-2-12-8-7(1)11-5-9-3-6(11)4-10-8/h1-3,5,10H,4H2. The summed E-state index contributed by atoms with van der Waals surface area (Å²) in [7, 11) is 0. The van der Waals surface area contributed by atoms with Crippen molar-refractivity contribution in [2.75, 3.05) is 5.32 Å². The largest absolute Gasteiger partial charge is 0.447 e. The Morgan fingerprint density at radius 1 is 1.58 bits per heavy atom. The van der Waals surface area contributed by atoms with Gasteiger partial charge in [-0.3, -0.25) is 4.57 Å². The summed E-state index contributed by atoms with van der Waals surface area (Å²) < 4.78 is 7.25. The molecule has 1 N–H and O–H groups in total. The molecule has 3 rings (SSSR count). The van der Waals surface area contributed by atoms with Gasteiger partial charge in [-0.15, -0.1) is 0 Å². The Labute approximate surface area is 68.8 Å². The van der Waals surface area contributed by atoms with Crippen molar-refractivity contribution in [2.45, 2.75) is 6.54 Å². The Hall–Kier alpha value is -1.71. The van der Waals surface area contributed by atoms with Crippen molar-refractivity contribution >= 4 is 5.88 Å². The second kappa shape index (κ2) is 1.91. The van der Waals surface area contributed by atoms with Crippen molar-refractivity contribution in [3.63, 3.8) is 0 Å². The van der Waals surface area contributed by atoms with Crippen LogP contribution in [0.4, 0.5) is 5.88 Å². The lowest BCUT2D eigenvalue weighted by Gasteiger charge is -2.14. The lowest BCUT2D eigenvalue weighted by atomic mass is 10.3. The van der Waals surface area contributed by atoms with E-state index in [2.05, 4.69) is 10.3 Å². The van der Waals surface area contributed by atoms with E-state index in [1.807, 2.05) is 16.8 Å². The molecule has 0 saturated carbocycles.